The molecule has 76 valence electrons. The molecule has 0 aromatic heterocycles. The second-order valence-corrected chi connectivity index (χ2v) is 4.60. The summed E-state index contributed by atoms with van der Waals surface area (Å²) in [5.74, 6) is 0. The molecule has 14 heavy (non-hydrogen) atoms. The Bertz CT molecular complexity index is 303. The first-order chi connectivity index (χ1) is 6.77. The van der Waals surface area contributed by atoms with Crippen LogP contribution in [-0.2, 0) is 4.74 Å². The molecule has 0 unspecified atom stereocenters. The van der Waals surface area contributed by atoms with Crippen molar-refractivity contribution in [3.8, 4) is 0 Å². The number of piperidine rings is 1. The standard InChI is InChI=1S/C11H15NO2/c1-14-9(13)12-10-5-2-3-6-11(10,12)8-4-7-10/h2-3H,4-8H2,1H3/t10-,11-/m1/s1. The quantitative estimate of drug-likeness (QED) is 0.435. The van der Waals surface area contributed by atoms with Crippen LogP contribution in [-0.4, -0.2) is 29.2 Å². The van der Waals surface area contributed by atoms with Gasteiger partial charge in [-0.25, -0.2) is 4.79 Å². The highest BCUT2D eigenvalue weighted by molar-refractivity contribution is 5.76. The molecule has 1 aliphatic heterocycles. The lowest BCUT2D eigenvalue weighted by atomic mass is 9.86. The van der Waals surface area contributed by atoms with Crippen LogP contribution in [0.3, 0.4) is 0 Å². The number of nitrogens with zero attached hydrogens (tertiary/aromatic N) is 1. The summed E-state index contributed by atoms with van der Waals surface area (Å²) in [4.78, 5) is 13.6. The van der Waals surface area contributed by atoms with Gasteiger partial charge in [-0.15, -0.1) is 0 Å². The minimum absolute atomic E-state index is 0.131. The Morgan fingerprint density at radius 3 is 2.36 bits per heavy atom. The molecule has 1 heterocycles. The lowest BCUT2D eigenvalue weighted by Crippen LogP contribution is -2.23. The summed E-state index contributed by atoms with van der Waals surface area (Å²) in [6, 6.07) is 0. The van der Waals surface area contributed by atoms with Crippen molar-refractivity contribution in [3.05, 3.63) is 12.2 Å². The van der Waals surface area contributed by atoms with Crippen LogP contribution in [0.4, 0.5) is 4.79 Å². The number of likely N-dealkylation sites (tertiary alicyclic amines) is 1. The molecule has 2 fully saturated rings. The number of ether oxygens (including phenoxy) is 1. The largest absolute Gasteiger partial charge is 0.453 e. The topological polar surface area (TPSA) is 29.3 Å². The molecule has 0 aromatic rings. The van der Waals surface area contributed by atoms with Gasteiger partial charge in [-0.2, -0.15) is 0 Å². The fraction of sp³-hybridized carbons (Fsp3) is 0.727. The lowest BCUT2D eigenvalue weighted by Gasteiger charge is -2.13. The molecule has 2 atom stereocenters. The zero-order valence-corrected chi connectivity index (χ0v) is 8.45. The van der Waals surface area contributed by atoms with E-state index in [-0.39, 0.29) is 17.2 Å². The van der Waals surface area contributed by atoms with Gasteiger partial charge in [0, 0.05) is 0 Å². The maximum Gasteiger partial charge on any atom is 0.410 e. The Labute approximate surface area is 83.7 Å². The Kier molecular flexibility index (Phi) is 1.38. The highest BCUT2D eigenvalue weighted by atomic mass is 16.5. The van der Waals surface area contributed by atoms with Crippen LogP contribution >= 0.6 is 0 Å². The van der Waals surface area contributed by atoms with Gasteiger partial charge in [0.25, 0.3) is 0 Å². The van der Waals surface area contributed by atoms with Crippen LogP contribution in [0.1, 0.15) is 32.1 Å². The summed E-state index contributed by atoms with van der Waals surface area (Å²) >= 11 is 0. The van der Waals surface area contributed by atoms with E-state index in [1.165, 1.54) is 13.5 Å². The van der Waals surface area contributed by atoms with Crippen molar-refractivity contribution in [2.75, 3.05) is 7.11 Å². The molecule has 3 rings (SSSR count). The van der Waals surface area contributed by atoms with E-state index in [1.807, 2.05) is 4.90 Å². The van der Waals surface area contributed by atoms with Crippen molar-refractivity contribution in [2.45, 2.75) is 43.2 Å². The molecule has 0 spiro atoms. The molecule has 3 aliphatic rings. The SMILES string of the molecule is COC(=O)N1[C@@]23CC=CC[C@]12CCC3. The number of methoxy groups -OCH3 is 1. The summed E-state index contributed by atoms with van der Waals surface area (Å²) in [6.45, 7) is 0. The van der Waals surface area contributed by atoms with E-state index < -0.39 is 0 Å². The molecule has 2 aliphatic carbocycles. The van der Waals surface area contributed by atoms with E-state index in [0.717, 1.165) is 25.7 Å². The minimum atomic E-state index is -0.131. The van der Waals surface area contributed by atoms with Gasteiger partial charge >= 0.3 is 6.09 Å². The van der Waals surface area contributed by atoms with E-state index in [2.05, 4.69) is 12.2 Å². The van der Waals surface area contributed by atoms with Crippen molar-refractivity contribution >= 4 is 6.09 Å². The predicted octanol–water partition coefficient (Wildman–Crippen LogP) is 2.08. The smallest absolute Gasteiger partial charge is 0.410 e. The van der Waals surface area contributed by atoms with Crippen LogP contribution < -0.4 is 0 Å². The van der Waals surface area contributed by atoms with Gasteiger partial charge in [-0.3, -0.25) is 4.90 Å². The first kappa shape index (κ1) is 8.33. The van der Waals surface area contributed by atoms with Crippen LogP contribution in [0.2, 0.25) is 0 Å². The normalized spacial score (nSPS) is 43.1. The van der Waals surface area contributed by atoms with Gasteiger partial charge in [-0.05, 0) is 32.1 Å². The van der Waals surface area contributed by atoms with Gasteiger partial charge < -0.3 is 4.74 Å². The third kappa shape index (κ3) is 0.656. The first-order valence-electron chi connectivity index (χ1n) is 5.30. The molecule has 0 radical (unpaired) electrons. The van der Waals surface area contributed by atoms with Gasteiger partial charge in [0.05, 0.1) is 18.2 Å². The molecule has 0 N–H and O–H groups in total. The second kappa shape index (κ2) is 2.33. The van der Waals surface area contributed by atoms with Gasteiger partial charge in [0.1, 0.15) is 0 Å². The summed E-state index contributed by atoms with van der Waals surface area (Å²) in [5, 5.41) is 0. The van der Waals surface area contributed by atoms with Gasteiger partial charge in [-0.1, -0.05) is 12.2 Å². The zero-order chi connectivity index (χ0) is 9.81. The summed E-state index contributed by atoms with van der Waals surface area (Å²) in [6.07, 6.45) is 9.94. The van der Waals surface area contributed by atoms with Crippen LogP contribution in [0, 0.1) is 0 Å². The molecule has 3 heteroatoms. The van der Waals surface area contributed by atoms with Crippen molar-refractivity contribution in [2.24, 2.45) is 0 Å². The van der Waals surface area contributed by atoms with Crippen molar-refractivity contribution in [1.29, 1.82) is 0 Å². The van der Waals surface area contributed by atoms with Crippen LogP contribution in [0.15, 0.2) is 12.2 Å². The number of hydrogen-bond donors (Lipinski definition) is 0. The van der Waals surface area contributed by atoms with E-state index in [0.29, 0.717) is 0 Å². The number of carbonyl (C=O) groups is 1. The fourth-order valence-corrected chi connectivity index (χ4v) is 3.69. The molecule has 0 bridgehead atoms. The summed E-state index contributed by atoms with van der Waals surface area (Å²) < 4.78 is 4.85. The van der Waals surface area contributed by atoms with Gasteiger partial charge in [0.2, 0.25) is 0 Å². The molecule has 3 nitrogen and oxygen atoms in total. The van der Waals surface area contributed by atoms with Gasteiger partial charge in [0.15, 0.2) is 0 Å². The zero-order valence-electron chi connectivity index (χ0n) is 8.45. The Morgan fingerprint density at radius 1 is 1.29 bits per heavy atom. The number of hydrogen-bond acceptors (Lipinski definition) is 2. The molecular formula is C11H15NO2. The average molecular weight is 193 g/mol. The van der Waals surface area contributed by atoms with Crippen molar-refractivity contribution < 1.29 is 9.53 Å². The highest BCUT2D eigenvalue weighted by Crippen LogP contribution is 2.67. The second-order valence-electron chi connectivity index (χ2n) is 4.60. The van der Waals surface area contributed by atoms with Crippen molar-refractivity contribution in [1.82, 2.24) is 4.90 Å². The summed E-state index contributed by atoms with van der Waals surface area (Å²) in [5.41, 5.74) is 0.295. The highest BCUT2D eigenvalue weighted by Gasteiger charge is 2.78. The monoisotopic (exact) mass is 193 g/mol. The maximum atomic E-state index is 11.6. The molecule has 1 saturated carbocycles. The predicted molar refractivity (Wildman–Crippen MR) is 51.9 cm³/mol. The Balaban J connectivity index is 1.96. The minimum Gasteiger partial charge on any atom is -0.453 e. The third-order valence-electron chi connectivity index (χ3n) is 4.29. The van der Waals surface area contributed by atoms with Crippen molar-refractivity contribution in [3.63, 3.8) is 0 Å². The number of carbonyl (C=O) groups excluding carboxylic acids is 1. The first-order valence-corrected chi connectivity index (χ1v) is 5.30. The Morgan fingerprint density at radius 2 is 1.86 bits per heavy atom. The van der Waals surface area contributed by atoms with E-state index >= 15 is 0 Å². The van der Waals surface area contributed by atoms with E-state index in [9.17, 15) is 4.79 Å². The van der Waals surface area contributed by atoms with E-state index in [1.54, 1.807) is 0 Å². The molecular weight excluding hydrogens is 178 g/mol. The number of rotatable bonds is 0. The number of amides is 1. The molecule has 0 aromatic carbocycles. The third-order valence-corrected chi connectivity index (χ3v) is 4.29. The Hall–Kier alpha value is -0.990. The summed E-state index contributed by atoms with van der Waals surface area (Å²) in [7, 11) is 1.48. The van der Waals surface area contributed by atoms with Crippen LogP contribution in [0.5, 0.6) is 0 Å². The molecule has 1 saturated heterocycles. The van der Waals surface area contributed by atoms with E-state index in [4.69, 9.17) is 4.74 Å². The average Bonchev–Trinajstić information content (AvgIpc) is 2.60. The lowest BCUT2D eigenvalue weighted by molar-refractivity contribution is 0.138. The van der Waals surface area contributed by atoms with Crippen LogP contribution in [0.25, 0.3) is 0 Å². The molecule has 1 amide bonds. The maximum absolute atomic E-state index is 11.6. The fourth-order valence-electron chi connectivity index (χ4n) is 3.69.